The van der Waals surface area contributed by atoms with Gasteiger partial charge in [0.2, 0.25) is 0 Å². The summed E-state index contributed by atoms with van der Waals surface area (Å²) in [6.07, 6.45) is 8.22. The summed E-state index contributed by atoms with van der Waals surface area (Å²) in [5, 5.41) is 9.44. The summed E-state index contributed by atoms with van der Waals surface area (Å²) in [6.45, 7) is 12.8. The number of aliphatic hydroxyl groups excluding tert-OH is 1. The first-order valence-electron chi connectivity index (χ1n) is 13.7. The molecule has 6 heteroatoms. The minimum atomic E-state index is -0.431. The molecule has 0 aromatic heterocycles. The van der Waals surface area contributed by atoms with E-state index in [1.54, 1.807) is 11.8 Å². The average molecular weight is 548 g/mol. The monoisotopic (exact) mass is 547 g/mol. The number of ether oxygens (including phenoxy) is 1. The van der Waals surface area contributed by atoms with Crippen molar-refractivity contribution < 1.29 is 14.6 Å². The number of thioether (sulfide) groups is 1. The fourth-order valence-electron chi connectivity index (χ4n) is 4.97. The second kappa shape index (κ2) is 15.8. The zero-order valence-electron chi connectivity index (χ0n) is 23.5. The molecule has 37 heavy (non-hydrogen) atoms. The number of aliphatic hydroxyl groups is 1. The van der Waals surface area contributed by atoms with Gasteiger partial charge in [0.05, 0.1) is 11.5 Å². The highest BCUT2D eigenvalue weighted by atomic mass is 35.5. The molecule has 1 unspecified atom stereocenters. The van der Waals surface area contributed by atoms with E-state index < -0.39 is 5.41 Å². The molecule has 2 fully saturated rings. The fourth-order valence-corrected chi connectivity index (χ4v) is 5.55. The SMILES string of the molecule is CC.CCC1CC(O)C1.CSc1ccc(OCC(C)N2CCC(C=O)(c3cc(Cl)ccc3C)CC2)cc1. The average Bonchev–Trinajstić information content (AvgIpc) is 2.93. The molecule has 4 nitrogen and oxygen atoms in total. The molecule has 0 radical (unpaired) electrons. The van der Waals surface area contributed by atoms with Crippen LogP contribution in [0.4, 0.5) is 0 Å². The van der Waals surface area contributed by atoms with Crippen LogP contribution in [0.15, 0.2) is 47.4 Å². The molecule has 4 rings (SSSR count). The summed E-state index contributed by atoms with van der Waals surface area (Å²) in [5.41, 5.74) is 1.78. The van der Waals surface area contributed by atoms with Crippen molar-refractivity contribution in [3.63, 3.8) is 0 Å². The molecular weight excluding hydrogens is 502 g/mol. The molecule has 0 bridgehead atoms. The highest BCUT2D eigenvalue weighted by Crippen LogP contribution is 2.37. The van der Waals surface area contributed by atoms with Crippen molar-refractivity contribution in [3.8, 4) is 5.75 Å². The van der Waals surface area contributed by atoms with E-state index in [1.165, 1.54) is 11.3 Å². The maximum atomic E-state index is 12.1. The van der Waals surface area contributed by atoms with Crippen molar-refractivity contribution in [2.45, 2.75) is 89.2 Å². The van der Waals surface area contributed by atoms with E-state index in [4.69, 9.17) is 21.4 Å². The van der Waals surface area contributed by atoms with Gasteiger partial charge in [-0.3, -0.25) is 4.90 Å². The van der Waals surface area contributed by atoms with Gasteiger partial charge in [0.1, 0.15) is 18.6 Å². The van der Waals surface area contributed by atoms with E-state index in [-0.39, 0.29) is 6.10 Å². The molecule has 1 atom stereocenters. The van der Waals surface area contributed by atoms with Gasteiger partial charge in [0.25, 0.3) is 0 Å². The van der Waals surface area contributed by atoms with Gasteiger partial charge in [0, 0.05) is 16.0 Å². The maximum Gasteiger partial charge on any atom is 0.130 e. The van der Waals surface area contributed by atoms with E-state index in [2.05, 4.69) is 44.1 Å². The van der Waals surface area contributed by atoms with Crippen LogP contribution >= 0.6 is 23.4 Å². The molecule has 0 amide bonds. The van der Waals surface area contributed by atoms with E-state index in [0.29, 0.717) is 17.7 Å². The summed E-state index contributed by atoms with van der Waals surface area (Å²) in [6, 6.07) is 14.4. The molecule has 1 N–H and O–H groups in total. The second-order valence-corrected chi connectivity index (χ2v) is 11.3. The minimum absolute atomic E-state index is 0.0462. The van der Waals surface area contributed by atoms with Crippen molar-refractivity contribution >= 4 is 29.6 Å². The number of halogens is 1. The molecular formula is C31H46ClNO3S. The first-order chi connectivity index (χ1) is 17.8. The predicted molar refractivity (Wildman–Crippen MR) is 158 cm³/mol. The van der Waals surface area contributed by atoms with Crippen molar-refractivity contribution in [3.05, 3.63) is 58.6 Å². The van der Waals surface area contributed by atoms with E-state index in [1.807, 2.05) is 44.2 Å². The van der Waals surface area contributed by atoms with Crippen molar-refractivity contribution in [1.82, 2.24) is 4.90 Å². The van der Waals surface area contributed by atoms with Crippen molar-refractivity contribution in [2.75, 3.05) is 26.0 Å². The predicted octanol–water partition coefficient (Wildman–Crippen LogP) is 7.56. The second-order valence-electron chi connectivity index (χ2n) is 10.0. The highest BCUT2D eigenvalue weighted by molar-refractivity contribution is 7.98. The number of likely N-dealkylation sites (tertiary alicyclic amines) is 1. The van der Waals surface area contributed by atoms with Crippen LogP contribution < -0.4 is 4.74 Å². The molecule has 1 aliphatic carbocycles. The summed E-state index contributed by atoms with van der Waals surface area (Å²) in [4.78, 5) is 15.7. The van der Waals surface area contributed by atoms with E-state index in [0.717, 1.165) is 67.9 Å². The lowest BCUT2D eigenvalue weighted by Gasteiger charge is -2.41. The van der Waals surface area contributed by atoms with Gasteiger partial charge >= 0.3 is 0 Å². The number of rotatable bonds is 8. The van der Waals surface area contributed by atoms with Crippen LogP contribution in [0.25, 0.3) is 0 Å². The van der Waals surface area contributed by atoms with Gasteiger partial charge in [-0.25, -0.2) is 0 Å². The number of benzene rings is 2. The zero-order valence-corrected chi connectivity index (χ0v) is 25.1. The van der Waals surface area contributed by atoms with E-state index >= 15 is 0 Å². The third-order valence-electron chi connectivity index (χ3n) is 7.61. The molecule has 2 aromatic rings. The van der Waals surface area contributed by atoms with Gasteiger partial charge in [-0.2, -0.15) is 0 Å². The van der Waals surface area contributed by atoms with Crippen molar-refractivity contribution in [1.29, 1.82) is 0 Å². The normalized spacial score (nSPS) is 21.3. The Morgan fingerprint density at radius 3 is 2.27 bits per heavy atom. The molecule has 2 aliphatic rings. The molecule has 1 aliphatic heterocycles. The summed E-state index contributed by atoms with van der Waals surface area (Å²) in [7, 11) is 0. The molecule has 206 valence electrons. The minimum Gasteiger partial charge on any atom is -0.492 e. The lowest BCUT2D eigenvalue weighted by Crippen LogP contribution is -2.48. The van der Waals surface area contributed by atoms with Gasteiger partial charge < -0.3 is 14.6 Å². The quantitative estimate of drug-likeness (QED) is 0.273. The fraction of sp³-hybridized carbons (Fsp3) is 0.581. The Bertz CT molecular complexity index is 938. The summed E-state index contributed by atoms with van der Waals surface area (Å²) < 4.78 is 5.98. The Balaban J connectivity index is 0.000000455. The van der Waals surface area contributed by atoms with E-state index in [9.17, 15) is 4.79 Å². The number of aryl methyl sites for hydroxylation is 1. The molecule has 2 aromatic carbocycles. The maximum absolute atomic E-state index is 12.1. The van der Waals surface area contributed by atoms with Gasteiger partial charge in [0.15, 0.2) is 0 Å². The highest BCUT2D eigenvalue weighted by Gasteiger charge is 2.38. The number of carbonyl (C=O) groups excluding carboxylic acids is 1. The number of carbonyl (C=O) groups is 1. The topological polar surface area (TPSA) is 49.8 Å². The zero-order chi connectivity index (χ0) is 27.4. The molecule has 1 heterocycles. The lowest BCUT2D eigenvalue weighted by molar-refractivity contribution is -0.114. The van der Waals surface area contributed by atoms with Crippen LogP contribution in [0.3, 0.4) is 0 Å². The van der Waals surface area contributed by atoms with Crippen molar-refractivity contribution in [2.24, 2.45) is 5.92 Å². The van der Waals surface area contributed by atoms with Crippen LogP contribution in [0.5, 0.6) is 5.75 Å². The van der Waals surface area contributed by atoms with Crippen LogP contribution in [0.2, 0.25) is 5.02 Å². The lowest BCUT2D eigenvalue weighted by atomic mass is 9.72. The van der Waals surface area contributed by atoms with Crippen LogP contribution in [-0.2, 0) is 10.2 Å². The van der Waals surface area contributed by atoms with Crippen LogP contribution in [0.1, 0.15) is 70.9 Å². The number of hydrogen-bond acceptors (Lipinski definition) is 5. The van der Waals surface area contributed by atoms with Crippen LogP contribution in [0, 0.1) is 12.8 Å². The smallest absolute Gasteiger partial charge is 0.130 e. The third kappa shape index (κ3) is 9.02. The number of nitrogens with zero attached hydrogens (tertiary/aromatic N) is 1. The molecule has 1 saturated heterocycles. The number of piperidine rings is 1. The Kier molecular flexibility index (Phi) is 13.5. The standard InChI is InChI=1S/C23H28ClNO2S.C6H12O.C2H6/c1-17-4-5-19(24)14-22(17)23(16-26)10-12-25(13-11-23)18(2)15-27-20-6-8-21(28-3)9-7-20;1-2-5-3-6(7)4-5;1-2/h4-9,14,16,18H,10-13,15H2,1-3H3;5-7H,2-4H2,1H3;1-2H3. The Morgan fingerprint density at radius 1 is 1.16 bits per heavy atom. The molecule has 0 spiro atoms. The number of hydrogen-bond donors (Lipinski definition) is 1. The van der Waals surface area contributed by atoms with Gasteiger partial charge in [-0.15, -0.1) is 11.8 Å². The largest absolute Gasteiger partial charge is 0.492 e. The summed E-state index contributed by atoms with van der Waals surface area (Å²) >= 11 is 7.93. The first kappa shape index (κ1) is 31.7. The Labute approximate surface area is 234 Å². The van der Waals surface area contributed by atoms with Gasteiger partial charge in [-0.1, -0.05) is 44.9 Å². The third-order valence-corrected chi connectivity index (χ3v) is 8.59. The van der Waals surface area contributed by atoms with Gasteiger partial charge in [-0.05, 0) is 112 Å². The van der Waals surface area contributed by atoms with Crippen LogP contribution in [-0.4, -0.2) is 54.4 Å². The Morgan fingerprint density at radius 2 is 1.78 bits per heavy atom. The summed E-state index contributed by atoms with van der Waals surface area (Å²) in [5.74, 6) is 1.74. The number of aldehydes is 1. The Hall–Kier alpha value is -1.53. The molecule has 1 saturated carbocycles. The first-order valence-corrected chi connectivity index (χ1v) is 15.3.